The van der Waals surface area contributed by atoms with Gasteiger partial charge in [-0.2, -0.15) is 5.10 Å². The highest BCUT2D eigenvalue weighted by atomic mass is 32.1. The van der Waals surface area contributed by atoms with Crippen LogP contribution in [-0.4, -0.2) is 25.5 Å². The number of nitrogens with zero attached hydrogens (tertiary/aromatic N) is 4. The normalized spacial score (nSPS) is 11.1. The molecule has 0 aliphatic rings. The molecule has 2 heterocycles. The highest BCUT2D eigenvalue weighted by Gasteiger charge is 2.16. The fraction of sp³-hybridized carbons (Fsp3) is 0.455. The van der Waals surface area contributed by atoms with Crippen molar-refractivity contribution in [1.82, 2.24) is 19.7 Å². The second-order valence-electron chi connectivity index (χ2n) is 4.08. The monoisotopic (exact) mass is 250 g/mol. The summed E-state index contributed by atoms with van der Waals surface area (Å²) in [6.45, 7) is 5.87. The summed E-state index contributed by atoms with van der Waals surface area (Å²) in [5.41, 5.74) is 2.48. The Morgan fingerprint density at radius 1 is 1.47 bits per heavy atom. The van der Waals surface area contributed by atoms with E-state index in [1.807, 2.05) is 20.8 Å². The van der Waals surface area contributed by atoms with Crippen LogP contribution in [0.3, 0.4) is 0 Å². The van der Waals surface area contributed by atoms with Crippen LogP contribution in [0, 0.1) is 6.92 Å². The van der Waals surface area contributed by atoms with Crippen LogP contribution in [-0.2, 0) is 6.42 Å². The van der Waals surface area contributed by atoms with Crippen molar-refractivity contribution in [3.05, 3.63) is 28.2 Å². The van der Waals surface area contributed by atoms with Crippen molar-refractivity contribution in [3.8, 4) is 0 Å². The molecule has 0 saturated carbocycles. The largest absolute Gasteiger partial charge is 0.293 e. The molecule has 0 bridgehead atoms. The topological polar surface area (TPSA) is 60.7 Å². The van der Waals surface area contributed by atoms with Gasteiger partial charge in [-0.05, 0) is 20.8 Å². The molecule has 90 valence electrons. The fourth-order valence-electron chi connectivity index (χ4n) is 1.63. The Kier molecular flexibility index (Phi) is 3.33. The van der Waals surface area contributed by atoms with Crippen LogP contribution in [0.1, 0.15) is 41.1 Å². The lowest BCUT2D eigenvalue weighted by molar-refractivity contribution is 0.0992. The zero-order valence-corrected chi connectivity index (χ0v) is 10.9. The Morgan fingerprint density at radius 2 is 2.24 bits per heavy atom. The smallest absolute Gasteiger partial charge is 0.182 e. The Bertz CT molecular complexity index is 529. The Balaban J connectivity index is 2.19. The molecule has 0 aliphatic carbocycles. The zero-order valence-electron chi connectivity index (χ0n) is 10.0. The van der Waals surface area contributed by atoms with Crippen LogP contribution in [0.25, 0.3) is 0 Å². The summed E-state index contributed by atoms with van der Waals surface area (Å²) >= 11 is 1.38. The first-order chi connectivity index (χ1) is 8.09. The lowest BCUT2D eigenvalue weighted by Gasteiger charge is -2.08. The molecule has 0 atom stereocenters. The third kappa shape index (κ3) is 2.41. The van der Waals surface area contributed by atoms with Gasteiger partial charge in [-0.15, -0.1) is 11.3 Å². The number of hydrogen-bond donors (Lipinski definition) is 0. The molecule has 0 fully saturated rings. The number of aromatic nitrogens is 4. The fourth-order valence-corrected chi connectivity index (χ4v) is 2.37. The van der Waals surface area contributed by atoms with Crippen molar-refractivity contribution < 1.29 is 4.79 Å². The van der Waals surface area contributed by atoms with Crippen LogP contribution in [0.15, 0.2) is 11.8 Å². The number of rotatable bonds is 4. The lowest BCUT2D eigenvalue weighted by Crippen LogP contribution is -2.13. The van der Waals surface area contributed by atoms with Crippen LogP contribution in [0.4, 0.5) is 0 Å². The SMILES string of the molecule is Cc1ncsc1C(=O)Cc1ncnn1C(C)C. The summed E-state index contributed by atoms with van der Waals surface area (Å²) in [5, 5.41) is 4.11. The number of carbonyl (C=O) groups is 1. The number of hydrogen-bond acceptors (Lipinski definition) is 5. The molecule has 0 saturated heterocycles. The number of ketones is 1. The standard InChI is InChI=1S/C11H14N4OS/c1-7(2)15-10(12-5-14-15)4-9(16)11-8(3)13-6-17-11/h5-7H,4H2,1-3H3. The lowest BCUT2D eigenvalue weighted by atomic mass is 10.2. The van der Waals surface area contributed by atoms with Crippen molar-refractivity contribution in [2.24, 2.45) is 0 Å². The molecule has 0 spiro atoms. The minimum absolute atomic E-state index is 0.0555. The van der Waals surface area contributed by atoms with Crippen LogP contribution in [0.5, 0.6) is 0 Å². The van der Waals surface area contributed by atoms with Crippen molar-refractivity contribution >= 4 is 17.1 Å². The third-order valence-electron chi connectivity index (χ3n) is 2.45. The van der Waals surface area contributed by atoms with Crippen molar-refractivity contribution in [3.63, 3.8) is 0 Å². The van der Waals surface area contributed by atoms with Crippen LogP contribution in [0.2, 0.25) is 0 Å². The first kappa shape index (κ1) is 11.9. The van der Waals surface area contributed by atoms with Gasteiger partial charge in [0, 0.05) is 6.04 Å². The average molecular weight is 250 g/mol. The summed E-state index contributed by atoms with van der Waals surface area (Å²) in [4.78, 5) is 21.0. The summed E-state index contributed by atoms with van der Waals surface area (Å²) in [7, 11) is 0. The molecule has 0 N–H and O–H groups in total. The summed E-state index contributed by atoms with van der Waals surface area (Å²) in [5.74, 6) is 0.762. The van der Waals surface area contributed by atoms with Gasteiger partial charge in [-0.25, -0.2) is 14.6 Å². The van der Waals surface area contributed by atoms with E-state index in [-0.39, 0.29) is 18.2 Å². The Labute approximate surface area is 104 Å². The van der Waals surface area contributed by atoms with E-state index in [0.29, 0.717) is 10.7 Å². The van der Waals surface area contributed by atoms with E-state index in [4.69, 9.17) is 0 Å². The average Bonchev–Trinajstić information content (AvgIpc) is 2.86. The molecule has 0 unspecified atom stereocenters. The number of carbonyl (C=O) groups excluding carboxylic acids is 1. The molecule has 0 aliphatic heterocycles. The van der Waals surface area contributed by atoms with Crippen LogP contribution >= 0.6 is 11.3 Å². The second-order valence-corrected chi connectivity index (χ2v) is 4.94. The molecule has 0 aromatic carbocycles. The third-order valence-corrected chi connectivity index (χ3v) is 3.42. The molecule has 2 aromatic heterocycles. The van der Waals surface area contributed by atoms with Gasteiger partial charge in [0.2, 0.25) is 0 Å². The maximum absolute atomic E-state index is 12.1. The molecule has 5 nitrogen and oxygen atoms in total. The van der Waals surface area contributed by atoms with Gasteiger partial charge in [-0.3, -0.25) is 4.79 Å². The molecule has 2 aromatic rings. The maximum Gasteiger partial charge on any atom is 0.182 e. The van der Waals surface area contributed by atoms with Crippen molar-refractivity contribution in [2.75, 3.05) is 0 Å². The van der Waals surface area contributed by atoms with Gasteiger partial charge < -0.3 is 0 Å². The van der Waals surface area contributed by atoms with E-state index < -0.39 is 0 Å². The first-order valence-electron chi connectivity index (χ1n) is 5.41. The highest BCUT2D eigenvalue weighted by Crippen LogP contribution is 2.15. The summed E-state index contributed by atoms with van der Waals surface area (Å²) in [6.07, 6.45) is 1.77. The number of thiazole rings is 1. The predicted octanol–water partition coefficient (Wildman–Crippen LogP) is 2.05. The quantitative estimate of drug-likeness (QED) is 0.779. The van der Waals surface area contributed by atoms with Crippen molar-refractivity contribution in [2.45, 2.75) is 33.2 Å². The van der Waals surface area contributed by atoms with E-state index in [1.54, 1.807) is 10.2 Å². The van der Waals surface area contributed by atoms with E-state index in [9.17, 15) is 4.79 Å². The van der Waals surface area contributed by atoms with Gasteiger partial charge in [0.1, 0.15) is 12.2 Å². The zero-order chi connectivity index (χ0) is 12.4. The minimum Gasteiger partial charge on any atom is -0.293 e. The van der Waals surface area contributed by atoms with Gasteiger partial charge in [0.25, 0.3) is 0 Å². The molecule has 2 rings (SSSR count). The predicted molar refractivity (Wildman–Crippen MR) is 65.3 cm³/mol. The van der Waals surface area contributed by atoms with Gasteiger partial charge in [-0.1, -0.05) is 0 Å². The minimum atomic E-state index is 0.0555. The van der Waals surface area contributed by atoms with Gasteiger partial charge in [0.05, 0.1) is 22.5 Å². The first-order valence-corrected chi connectivity index (χ1v) is 6.29. The number of aryl methyl sites for hydroxylation is 1. The van der Waals surface area contributed by atoms with E-state index >= 15 is 0 Å². The van der Waals surface area contributed by atoms with Crippen LogP contribution < -0.4 is 0 Å². The number of Topliss-reactive ketones (excluding diaryl/α,β-unsaturated/α-hetero) is 1. The van der Waals surface area contributed by atoms with E-state index in [0.717, 1.165) is 5.69 Å². The van der Waals surface area contributed by atoms with Gasteiger partial charge >= 0.3 is 0 Å². The summed E-state index contributed by atoms with van der Waals surface area (Å²) in [6, 6.07) is 0.211. The summed E-state index contributed by atoms with van der Waals surface area (Å²) < 4.78 is 1.77. The second kappa shape index (κ2) is 4.75. The molecule has 0 radical (unpaired) electrons. The van der Waals surface area contributed by atoms with E-state index in [1.165, 1.54) is 17.7 Å². The molecule has 17 heavy (non-hydrogen) atoms. The Morgan fingerprint density at radius 3 is 2.82 bits per heavy atom. The van der Waals surface area contributed by atoms with Crippen molar-refractivity contribution in [1.29, 1.82) is 0 Å². The Hall–Kier alpha value is -1.56. The molecule has 6 heteroatoms. The maximum atomic E-state index is 12.1. The molecular weight excluding hydrogens is 236 g/mol. The van der Waals surface area contributed by atoms with E-state index in [2.05, 4.69) is 15.1 Å². The van der Waals surface area contributed by atoms with Gasteiger partial charge in [0.15, 0.2) is 5.78 Å². The molecular formula is C11H14N4OS. The molecule has 0 amide bonds. The highest BCUT2D eigenvalue weighted by molar-refractivity contribution is 7.11.